The minimum Gasteiger partial charge on any atom is -0.508 e. The van der Waals surface area contributed by atoms with Gasteiger partial charge in [0.2, 0.25) is 23.6 Å². The fourth-order valence-electron chi connectivity index (χ4n) is 3.28. The van der Waals surface area contributed by atoms with E-state index in [0.29, 0.717) is 24.9 Å². The number of carbonyl (C=O) groups is 5. The minimum atomic E-state index is -1.39. The molecule has 1 aromatic carbocycles. The van der Waals surface area contributed by atoms with Gasteiger partial charge in [-0.25, -0.2) is 4.79 Å². The lowest BCUT2D eigenvalue weighted by molar-refractivity contribution is -0.142. The molecule has 38 heavy (non-hydrogen) atoms. The average Bonchev–Trinajstić information content (AvgIpc) is 2.87. The van der Waals surface area contributed by atoms with Gasteiger partial charge >= 0.3 is 5.97 Å². The van der Waals surface area contributed by atoms with Gasteiger partial charge in [0.1, 0.15) is 29.9 Å². The number of aliphatic hydroxyl groups is 1. The van der Waals surface area contributed by atoms with Gasteiger partial charge in [-0.15, -0.1) is 0 Å². The Kier molecular flexibility index (Phi) is 13.7. The summed E-state index contributed by atoms with van der Waals surface area (Å²) in [6.07, 6.45) is 1.39. The number of carbonyl (C=O) groups excluding carboxylic acids is 4. The SMILES string of the molecule is C[C@H](NC(=O)[C@H](C)NC(=O)[C@H](CO)NC(=O)[C@@H](N)Cc1ccc(O)cc1)C(=O)N[C@@H](CCCCN)C(=O)O. The van der Waals surface area contributed by atoms with E-state index in [1.54, 1.807) is 12.1 Å². The molecular weight excluding hydrogens is 500 g/mol. The van der Waals surface area contributed by atoms with Gasteiger partial charge in [0.05, 0.1) is 12.6 Å². The lowest BCUT2D eigenvalue weighted by Gasteiger charge is -2.23. The number of amides is 4. The van der Waals surface area contributed by atoms with Crippen LogP contribution in [0.4, 0.5) is 0 Å². The summed E-state index contributed by atoms with van der Waals surface area (Å²) in [4.78, 5) is 61.1. The second-order valence-electron chi connectivity index (χ2n) is 8.87. The Labute approximate surface area is 220 Å². The van der Waals surface area contributed by atoms with Crippen molar-refractivity contribution in [2.45, 2.75) is 69.7 Å². The van der Waals surface area contributed by atoms with E-state index in [-0.39, 0.29) is 18.6 Å². The van der Waals surface area contributed by atoms with E-state index < -0.39 is 66.4 Å². The van der Waals surface area contributed by atoms with E-state index in [1.807, 2.05) is 0 Å². The van der Waals surface area contributed by atoms with Crippen LogP contribution in [0.15, 0.2) is 24.3 Å². The summed E-state index contributed by atoms with van der Waals surface area (Å²) in [6, 6.07) is 0.205. The van der Waals surface area contributed by atoms with Crippen molar-refractivity contribution in [2.75, 3.05) is 13.2 Å². The van der Waals surface area contributed by atoms with Crippen LogP contribution < -0.4 is 32.7 Å². The second-order valence-corrected chi connectivity index (χ2v) is 8.87. The topological polar surface area (TPSA) is 246 Å². The molecule has 0 aromatic heterocycles. The molecule has 0 saturated carbocycles. The molecule has 0 aliphatic rings. The molecule has 0 spiro atoms. The maximum absolute atomic E-state index is 12.5. The number of carboxylic acid groups (broad SMARTS) is 1. The van der Waals surface area contributed by atoms with Gasteiger partial charge in [-0.1, -0.05) is 12.1 Å². The van der Waals surface area contributed by atoms with Gasteiger partial charge < -0.3 is 48.1 Å². The quantitative estimate of drug-likeness (QED) is 0.0996. The lowest BCUT2D eigenvalue weighted by atomic mass is 10.1. The zero-order valence-electron chi connectivity index (χ0n) is 21.5. The highest BCUT2D eigenvalue weighted by Crippen LogP contribution is 2.11. The first-order valence-corrected chi connectivity index (χ1v) is 12.2. The number of hydrogen-bond donors (Lipinski definition) is 9. The third-order valence-corrected chi connectivity index (χ3v) is 5.61. The lowest BCUT2D eigenvalue weighted by Crippen LogP contribution is -2.58. The normalized spacial score (nSPS) is 14.8. The zero-order valence-corrected chi connectivity index (χ0v) is 21.5. The van der Waals surface area contributed by atoms with E-state index in [2.05, 4.69) is 21.3 Å². The number of nitrogens with two attached hydrogens (primary N) is 2. The highest BCUT2D eigenvalue weighted by Gasteiger charge is 2.28. The van der Waals surface area contributed by atoms with Crippen molar-refractivity contribution in [3.8, 4) is 5.75 Å². The van der Waals surface area contributed by atoms with Crippen LogP contribution in [0.5, 0.6) is 5.75 Å². The fraction of sp³-hybridized carbons (Fsp3) is 0.542. The van der Waals surface area contributed by atoms with Crippen molar-refractivity contribution in [1.82, 2.24) is 21.3 Å². The zero-order chi connectivity index (χ0) is 28.8. The molecule has 1 rings (SSSR count). The second kappa shape index (κ2) is 16.2. The Hall–Kier alpha value is -3.75. The molecule has 5 atom stereocenters. The number of phenolic OH excluding ortho intramolecular Hbond substituents is 1. The summed E-state index contributed by atoms with van der Waals surface area (Å²) < 4.78 is 0. The number of carboxylic acids is 1. The molecule has 0 unspecified atom stereocenters. The molecule has 4 amide bonds. The van der Waals surface area contributed by atoms with E-state index >= 15 is 0 Å². The molecule has 14 nitrogen and oxygen atoms in total. The van der Waals surface area contributed by atoms with Crippen LogP contribution in [0.1, 0.15) is 38.7 Å². The fourth-order valence-corrected chi connectivity index (χ4v) is 3.28. The highest BCUT2D eigenvalue weighted by atomic mass is 16.4. The Morgan fingerprint density at radius 2 is 1.34 bits per heavy atom. The van der Waals surface area contributed by atoms with Crippen molar-refractivity contribution in [1.29, 1.82) is 0 Å². The largest absolute Gasteiger partial charge is 0.508 e. The van der Waals surface area contributed by atoms with Crippen LogP contribution in [-0.4, -0.2) is 88.3 Å². The number of unbranched alkanes of at least 4 members (excludes halogenated alkanes) is 1. The molecule has 0 radical (unpaired) electrons. The van der Waals surface area contributed by atoms with Crippen LogP contribution >= 0.6 is 0 Å². The van der Waals surface area contributed by atoms with Crippen LogP contribution in [0.3, 0.4) is 0 Å². The first-order chi connectivity index (χ1) is 17.9. The first kappa shape index (κ1) is 32.3. The number of benzene rings is 1. The number of aliphatic carboxylic acids is 1. The molecule has 11 N–H and O–H groups in total. The van der Waals surface area contributed by atoms with Crippen molar-refractivity contribution in [3.63, 3.8) is 0 Å². The van der Waals surface area contributed by atoms with Gasteiger partial charge in [-0.05, 0) is 63.8 Å². The number of phenols is 1. The molecule has 0 aliphatic heterocycles. The van der Waals surface area contributed by atoms with Gasteiger partial charge in [-0.3, -0.25) is 19.2 Å². The first-order valence-electron chi connectivity index (χ1n) is 12.2. The molecule has 14 heteroatoms. The van der Waals surface area contributed by atoms with Crippen molar-refractivity contribution < 1.29 is 39.3 Å². The number of rotatable bonds is 16. The van der Waals surface area contributed by atoms with E-state index in [1.165, 1.54) is 26.0 Å². The summed E-state index contributed by atoms with van der Waals surface area (Å²) in [6.45, 7) is 2.31. The number of aliphatic hydroxyl groups excluding tert-OH is 1. The molecule has 0 fully saturated rings. The average molecular weight is 539 g/mol. The van der Waals surface area contributed by atoms with Crippen molar-refractivity contribution >= 4 is 29.6 Å². The van der Waals surface area contributed by atoms with E-state index in [0.717, 1.165) is 0 Å². The minimum absolute atomic E-state index is 0.0553. The third kappa shape index (κ3) is 11.1. The van der Waals surface area contributed by atoms with E-state index in [4.69, 9.17) is 11.5 Å². The maximum Gasteiger partial charge on any atom is 0.326 e. The number of hydrogen-bond acceptors (Lipinski definition) is 9. The molecule has 0 bridgehead atoms. The Bertz CT molecular complexity index is 958. The summed E-state index contributed by atoms with van der Waals surface area (Å²) in [5, 5.41) is 37.6. The summed E-state index contributed by atoms with van der Waals surface area (Å²) >= 11 is 0. The predicted octanol–water partition coefficient (Wildman–Crippen LogP) is -2.55. The Morgan fingerprint density at radius 3 is 1.87 bits per heavy atom. The smallest absolute Gasteiger partial charge is 0.326 e. The van der Waals surface area contributed by atoms with Crippen LogP contribution in [0.2, 0.25) is 0 Å². The molecule has 0 heterocycles. The van der Waals surface area contributed by atoms with Crippen LogP contribution in [-0.2, 0) is 30.4 Å². The molecule has 0 saturated heterocycles. The van der Waals surface area contributed by atoms with Gasteiger partial charge in [0, 0.05) is 0 Å². The summed E-state index contributed by atoms with van der Waals surface area (Å²) in [5.74, 6) is -4.20. The van der Waals surface area contributed by atoms with Crippen LogP contribution in [0.25, 0.3) is 0 Å². The van der Waals surface area contributed by atoms with Gasteiger partial charge in [0.15, 0.2) is 0 Å². The number of aromatic hydroxyl groups is 1. The van der Waals surface area contributed by atoms with Crippen LogP contribution in [0, 0.1) is 0 Å². The molecule has 1 aromatic rings. The summed E-state index contributed by atoms with van der Waals surface area (Å²) in [7, 11) is 0. The number of nitrogens with one attached hydrogen (secondary N) is 4. The van der Waals surface area contributed by atoms with Crippen molar-refractivity contribution in [3.05, 3.63) is 29.8 Å². The summed E-state index contributed by atoms with van der Waals surface area (Å²) in [5.41, 5.74) is 11.9. The standard InChI is InChI=1S/C24H38N6O8/c1-13(20(33)27-14(2)21(34)29-18(24(37)38)5-3-4-10-25)28-23(36)19(12-31)30-22(35)17(26)11-15-6-8-16(32)9-7-15/h6-9,13-14,17-19,31-32H,3-5,10-12,25-26H2,1-2H3,(H,27,33)(H,28,36)(H,29,34)(H,30,35)(H,37,38)/t13-,14-,17-,18-,19-/m0/s1. The Balaban J connectivity index is 2.60. The Morgan fingerprint density at radius 1 is 0.816 bits per heavy atom. The predicted molar refractivity (Wildman–Crippen MR) is 136 cm³/mol. The highest BCUT2D eigenvalue weighted by molar-refractivity contribution is 5.95. The van der Waals surface area contributed by atoms with Gasteiger partial charge in [-0.2, -0.15) is 0 Å². The maximum atomic E-state index is 12.5. The monoisotopic (exact) mass is 538 g/mol. The third-order valence-electron chi connectivity index (χ3n) is 5.61. The van der Waals surface area contributed by atoms with Gasteiger partial charge in [0.25, 0.3) is 0 Å². The molecular formula is C24H38N6O8. The molecule has 212 valence electrons. The van der Waals surface area contributed by atoms with E-state index in [9.17, 15) is 39.3 Å². The van der Waals surface area contributed by atoms with Crippen molar-refractivity contribution in [2.24, 2.45) is 11.5 Å². The molecule has 0 aliphatic carbocycles.